The Labute approximate surface area is 209 Å². The van der Waals surface area contributed by atoms with E-state index in [0.29, 0.717) is 10.8 Å². The summed E-state index contributed by atoms with van der Waals surface area (Å²) in [5.74, 6) is 5.58. The molecule has 0 aromatic heterocycles. The van der Waals surface area contributed by atoms with Crippen LogP contribution in [0.2, 0.25) is 0 Å². The molecule has 0 saturated heterocycles. The molecule has 3 heteroatoms. The fourth-order valence-electron chi connectivity index (χ4n) is 8.94. The van der Waals surface area contributed by atoms with E-state index < -0.39 is 0 Å². The summed E-state index contributed by atoms with van der Waals surface area (Å²) in [7, 11) is 0. The Morgan fingerprint density at radius 2 is 1.70 bits per heavy atom. The summed E-state index contributed by atoms with van der Waals surface area (Å²) in [6, 6.07) is 0. The van der Waals surface area contributed by atoms with Crippen LogP contribution in [0.5, 0.6) is 0 Å². The van der Waals surface area contributed by atoms with E-state index in [9.17, 15) is 5.11 Å². The molecule has 0 bridgehead atoms. The number of fused-ring (bicyclic) bond motifs is 5. The molecule has 0 aromatic rings. The van der Waals surface area contributed by atoms with Crippen molar-refractivity contribution < 1.29 is 43.6 Å². The molecule has 4 rings (SSSR count). The van der Waals surface area contributed by atoms with E-state index >= 15 is 0 Å². The van der Waals surface area contributed by atoms with Gasteiger partial charge in [-0.15, -0.1) is 0 Å². The largest absolute Gasteiger partial charge is 1.00 e. The topological polar surface area (TPSA) is 20.2 Å². The molecule has 0 heterocycles. The summed E-state index contributed by atoms with van der Waals surface area (Å²) in [5, 5.41) is 10.4. The summed E-state index contributed by atoms with van der Waals surface area (Å²) in [6.45, 7) is 12.7. The summed E-state index contributed by atoms with van der Waals surface area (Å²) in [6.07, 6.45) is 14.9. The molecule has 3 fully saturated rings. The van der Waals surface area contributed by atoms with Crippen molar-refractivity contribution in [2.75, 3.05) is 0 Å². The average Bonchev–Trinajstić information content (AvgIpc) is 3.00. The minimum absolute atomic E-state index is 0. The molecule has 0 amide bonds. The third-order valence-corrected chi connectivity index (χ3v) is 13.3. The van der Waals surface area contributed by atoms with Crippen LogP contribution in [0.25, 0.3) is 0 Å². The van der Waals surface area contributed by atoms with E-state index in [1.165, 1.54) is 57.8 Å². The van der Waals surface area contributed by atoms with Gasteiger partial charge in [-0.3, -0.25) is 0 Å². The zero-order valence-corrected chi connectivity index (χ0v) is 26.6. The van der Waals surface area contributed by atoms with Gasteiger partial charge in [0.05, 0.1) is 0 Å². The summed E-state index contributed by atoms with van der Waals surface area (Å²) in [4.78, 5) is 0. The van der Waals surface area contributed by atoms with E-state index in [1.807, 2.05) is 3.08 Å². The fourth-order valence-corrected chi connectivity index (χ4v) is 12.4. The molecule has 1 N–H and O–H groups in total. The molecule has 1 nitrogen and oxygen atoms in total. The first-order valence-electron chi connectivity index (χ1n) is 12.9. The van der Waals surface area contributed by atoms with Crippen LogP contribution >= 0.6 is 0 Å². The first-order chi connectivity index (χ1) is 13.7. The van der Waals surface area contributed by atoms with Gasteiger partial charge >= 0.3 is 198 Å². The predicted octanol–water partition coefficient (Wildman–Crippen LogP) is 4.27. The van der Waals surface area contributed by atoms with E-state index in [0.717, 1.165) is 74.5 Å². The Kier molecular flexibility index (Phi) is 8.22. The van der Waals surface area contributed by atoms with Gasteiger partial charge in [0, 0.05) is 0 Å². The smallest absolute Gasteiger partial charge is 1.00 e. The Bertz CT molecular complexity index is 645. The zero-order valence-electron chi connectivity index (χ0n) is 20.4. The van der Waals surface area contributed by atoms with Gasteiger partial charge in [-0.1, -0.05) is 0 Å². The maximum atomic E-state index is 10.4. The monoisotopic (exact) mass is 622 g/mol. The van der Waals surface area contributed by atoms with Gasteiger partial charge in [0.2, 0.25) is 0 Å². The predicted molar refractivity (Wildman–Crippen MR) is 118 cm³/mol. The summed E-state index contributed by atoms with van der Waals surface area (Å²) >= 11 is 0.733. The quantitative estimate of drug-likeness (QED) is 0.455. The van der Waals surface area contributed by atoms with E-state index in [2.05, 4.69) is 34.6 Å². The van der Waals surface area contributed by atoms with Crippen LogP contribution in [0.15, 0.2) is 8.65 Å². The molecule has 3 saturated carbocycles. The van der Waals surface area contributed by atoms with Crippen molar-refractivity contribution in [3.63, 3.8) is 0 Å². The zero-order chi connectivity index (χ0) is 21.0. The van der Waals surface area contributed by atoms with Crippen molar-refractivity contribution in [3.8, 4) is 0 Å². The number of rotatable bonds is 5. The first kappa shape index (κ1) is 25.5. The van der Waals surface area contributed by atoms with Crippen molar-refractivity contribution >= 4 is 0 Å². The maximum Gasteiger partial charge on any atom is -1.00 e. The molecule has 0 spiro atoms. The minimum atomic E-state index is -0.0513. The van der Waals surface area contributed by atoms with Gasteiger partial charge in [-0.05, 0) is 0 Å². The van der Waals surface area contributed by atoms with Crippen molar-refractivity contribution in [1.29, 1.82) is 0 Å². The number of aliphatic hydroxyl groups is 1. The van der Waals surface area contributed by atoms with E-state index in [4.69, 9.17) is 0 Å². The van der Waals surface area contributed by atoms with Crippen molar-refractivity contribution in [1.82, 2.24) is 0 Å². The second kappa shape index (κ2) is 9.65. The normalized spacial score (nSPS) is 44.2. The Balaban J connectivity index is 0.00000256. The SMILES string of the molecule is CC(C)CCCC(C)[C@H]1CCC2C3C[C]([Hg+])=C4C[C@@H](O)CC[C@]4(C)C3CC[C@@]21C.[Cl-]. The van der Waals surface area contributed by atoms with Gasteiger partial charge in [-0.2, -0.15) is 0 Å². The molecule has 0 aromatic carbocycles. The van der Waals surface area contributed by atoms with Crippen LogP contribution in [-0.4, -0.2) is 11.2 Å². The molecular weight excluding hydrogens is 576 g/mol. The Morgan fingerprint density at radius 3 is 2.40 bits per heavy atom. The van der Waals surface area contributed by atoms with Crippen LogP contribution in [-0.2, 0) is 26.1 Å². The maximum absolute atomic E-state index is 10.4. The third-order valence-electron chi connectivity index (χ3n) is 10.5. The van der Waals surface area contributed by atoms with Crippen molar-refractivity contribution in [2.24, 2.45) is 46.3 Å². The first-order valence-corrected chi connectivity index (χ1v) is 15.6. The molecule has 4 unspecified atom stereocenters. The second-order valence-electron chi connectivity index (χ2n) is 12.5. The third kappa shape index (κ3) is 4.36. The van der Waals surface area contributed by atoms with Crippen molar-refractivity contribution in [3.05, 3.63) is 8.65 Å². The minimum Gasteiger partial charge on any atom is -1.00 e. The number of aliphatic hydroxyl groups excluding tert-OH is 1. The number of hydrogen-bond donors (Lipinski definition) is 1. The molecule has 8 atom stereocenters. The van der Waals surface area contributed by atoms with Crippen LogP contribution in [0, 0.1) is 46.3 Å². The van der Waals surface area contributed by atoms with Gasteiger partial charge in [0.1, 0.15) is 0 Å². The van der Waals surface area contributed by atoms with E-state index in [-0.39, 0.29) is 18.5 Å². The average molecular weight is 622 g/mol. The molecule has 168 valence electrons. The number of hydrogen-bond acceptors (Lipinski definition) is 1. The molecule has 0 radical (unpaired) electrons. The van der Waals surface area contributed by atoms with Crippen molar-refractivity contribution in [2.45, 2.75) is 111 Å². The van der Waals surface area contributed by atoms with Gasteiger partial charge < -0.3 is 12.4 Å². The Hall–Kier alpha value is 0.925. The molecular formula is C27H45ClHgO. The number of halogens is 1. The summed E-state index contributed by atoms with van der Waals surface area (Å²) < 4.78 is 1.85. The fraction of sp³-hybridized carbons (Fsp3) is 0.926. The van der Waals surface area contributed by atoms with Gasteiger partial charge in [-0.25, -0.2) is 0 Å². The van der Waals surface area contributed by atoms with E-state index in [1.54, 1.807) is 5.57 Å². The molecule has 4 aliphatic rings. The standard InChI is InChI=1S/C27H45O.ClH.Hg/c1-18(2)7-6-8-19(3)23-11-12-24-22-10-9-20-17-21(28)13-15-26(20,4)25(22)14-16-27(23,24)5;;/h18-19,21-25,28H,6-8,10-17H2,1-5H3;1H;/q;;+1/p-1/t19?,21-,22?,23+,24?,25?,26-,27+;;/m0../s1. The van der Waals surface area contributed by atoms with Gasteiger partial charge in [0.25, 0.3) is 0 Å². The van der Waals surface area contributed by atoms with Crippen LogP contribution in [0.1, 0.15) is 105 Å². The van der Waals surface area contributed by atoms with Crippen LogP contribution in [0.4, 0.5) is 0 Å². The van der Waals surface area contributed by atoms with Crippen LogP contribution in [0.3, 0.4) is 0 Å². The molecule has 30 heavy (non-hydrogen) atoms. The second-order valence-corrected chi connectivity index (χ2v) is 15.8. The van der Waals surface area contributed by atoms with Gasteiger partial charge in [0.15, 0.2) is 0 Å². The molecule has 0 aliphatic heterocycles. The van der Waals surface area contributed by atoms with Crippen LogP contribution < -0.4 is 12.4 Å². The number of allylic oxidation sites excluding steroid dienone is 1. The summed E-state index contributed by atoms with van der Waals surface area (Å²) in [5.41, 5.74) is 2.79. The molecule has 4 aliphatic carbocycles. The Morgan fingerprint density at radius 1 is 0.967 bits per heavy atom.